The summed E-state index contributed by atoms with van der Waals surface area (Å²) in [6, 6.07) is 22.1. The number of amides is 1. The van der Waals surface area contributed by atoms with Crippen LogP contribution in [0, 0.1) is 0 Å². The van der Waals surface area contributed by atoms with Gasteiger partial charge >= 0.3 is 0 Å². The summed E-state index contributed by atoms with van der Waals surface area (Å²) in [6.07, 6.45) is 5.38. The first kappa shape index (κ1) is 28.8. The lowest BCUT2D eigenvalue weighted by molar-refractivity contribution is -0.120. The molecule has 7 nitrogen and oxygen atoms in total. The van der Waals surface area contributed by atoms with Crippen LogP contribution in [0.25, 0.3) is 10.9 Å². The molecule has 0 radical (unpaired) electrons. The molecule has 1 N–H and O–H groups in total. The molecule has 6 rings (SSSR count). The van der Waals surface area contributed by atoms with Gasteiger partial charge in [0.15, 0.2) is 0 Å². The van der Waals surface area contributed by atoms with Crippen LogP contribution in [0.1, 0.15) is 42.1 Å². The third-order valence-electron chi connectivity index (χ3n) is 8.14. The first-order valence-corrected chi connectivity index (χ1v) is 14.5. The maximum absolute atomic E-state index is 11.8. The van der Waals surface area contributed by atoms with E-state index in [2.05, 4.69) is 29.1 Å². The number of aromatic amines is 1. The summed E-state index contributed by atoms with van der Waals surface area (Å²) in [7, 11) is 5.48. The predicted molar refractivity (Wildman–Crippen MR) is 163 cm³/mol. The number of hydrogen-bond acceptors (Lipinski definition) is 5. The first-order chi connectivity index (χ1) is 20.0. The van der Waals surface area contributed by atoms with Crippen LogP contribution in [-0.4, -0.2) is 68.2 Å². The number of nitrogens with one attached hydrogen (secondary N) is 1. The van der Waals surface area contributed by atoms with Gasteiger partial charge in [-0.05, 0) is 105 Å². The molecule has 2 aliphatic heterocycles. The van der Waals surface area contributed by atoms with Gasteiger partial charge in [-0.3, -0.25) is 4.79 Å². The standard InChI is InChI=1S/C25H28ClN3O2.C8H10O2/c1-28-12-2-3-19(28)11-14-31-20-7-4-17(5-8-20)25-24-21(10-13-29(25)16-30)22-15-18(26)6-9-23(22)27-24;1-9-7-3-5-8(10-2)6-4-7/h4-9,15-16,19,25,27H,2-3,10-14H2,1H3;3-6H,1-2H3. The van der Waals surface area contributed by atoms with Gasteiger partial charge in [0.2, 0.25) is 6.41 Å². The molecule has 2 unspecified atom stereocenters. The van der Waals surface area contributed by atoms with Crippen LogP contribution in [0.5, 0.6) is 17.2 Å². The minimum absolute atomic E-state index is 0.131. The van der Waals surface area contributed by atoms with Gasteiger partial charge in [0.1, 0.15) is 17.2 Å². The Kier molecular flexibility index (Phi) is 9.37. The van der Waals surface area contributed by atoms with E-state index in [1.54, 1.807) is 14.2 Å². The molecule has 3 aromatic carbocycles. The second-order valence-corrected chi connectivity index (χ2v) is 11.0. The van der Waals surface area contributed by atoms with E-state index in [1.165, 1.54) is 24.9 Å². The number of fused-ring (bicyclic) bond motifs is 3. The molecule has 1 saturated heterocycles. The van der Waals surface area contributed by atoms with Gasteiger partial charge in [0.05, 0.1) is 26.9 Å². The van der Waals surface area contributed by atoms with Crippen molar-refractivity contribution in [1.82, 2.24) is 14.8 Å². The number of nitrogens with zero attached hydrogens (tertiary/aromatic N) is 2. The van der Waals surface area contributed by atoms with E-state index in [0.29, 0.717) is 12.6 Å². The van der Waals surface area contributed by atoms with Gasteiger partial charge in [-0.2, -0.15) is 0 Å². The van der Waals surface area contributed by atoms with E-state index in [9.17, 15) is 4.79 Å². The molecule has 3 heterocycles. The Morgan fingerprint density at radius 2 is 1.63 bits per heavy atom. The number of rotatable bonds is 8. The molecular formula is C33H38ClN3O4. The molecule has 1 fully saturated rings. The number of H-pyrrole nitrogens is 1. The Balaban J connectivity index is 0.000000287. The lowest BCUT2D eigenvalue weighted by atomic mass is 9.93. The van der Waals surface area contributed by atoms with Crippen molar-refractivity contribution in [1.29, 1.82) is 0 Å². The molecule has 8 heteroatoms. The third kappa shape index (κ3) is 6.63. The summed E-state index contributed by atoms with van der Waals surface area (Å²) in [5, 5.41) is 1.88. The number of methoxy groups -OCH3 is 2. The van der Waals surface area contributed by atoms with Crippen LogP contribution in [0.15, 0.2) is 66.7 Å². The van der Waals surface area contributed by atoms with Gasteiger partial charge in [0.25, 0.3) is 0 Å². The van der Waals surface area contributed by atoms with Crippen molar-refractivity contribution >= 4 is 28.9 Å². The minimum Gasteiger partial charge on any atom is -0.497 e. The van der Waals surface area contributed by atoms with E-state index < -0.39 is 0 Å². The molecule has 1 amide bonds. The Bertz CT molecular complexity index is 1410. The molecule has 41 heavy (non-hydrogen) atoms. The number of carbonyl (C=O) groups excluding carboxylic acids is 1. The highest BCUT2D eigenvalue weighted by Crippen LogP contribution is 2.38. The smallest absolute Gasteiger partial charge is 0.210 e. The van der Waals surface area contributed by atoms with Crippen molar-refractivity contribution in [3.8, 4) is 17.2 Å². The summed E-state index contributed by atoms with van der Waals surface area (Å²) >= 11 is 6.24. The number of carbonyl (C=O) groups is 1. The molecule has 1 aromatic heterocycles. The van der Waals surface area contributed by atoms with Gasteiger partial charge in [0, 0.05) is 34.2 Å². The first-order valence-electron chi connectivity index (χ1n) is 14.1. The Hall–Kier alpha value is -3.68. The third-order valence-corrected chi connectivity index (χ3v) is 8.38. The molecule has 0 bridgehead atoms. The normalized spacial score (nSPS) is 18.4. The van der Waals surface area contributed by atoms with Crippen LogP contribution in [-0.2, 0) is 11.2 Å². The average Bonchev–Trinajstić information content (AvgIpc) is 3.59. The zero-order valence-corrected chi connectivity index (χ0v) is 24.7. The quantitative estimate of drug-likeness (QED) is 0.243. The Morgan fingerprint density at radius 1 is 0.951 bits per heavy atom. The summed E-state index contributed by atoms with van der Waals surface area (Å²) in [4.78, 5) is 19.7. The summed E-state index contributed by atoms with van der Waals surface area (Å²) < 4.78 is 15.9. The lowest BCUT2D eigenvalue weighted by Gasteiger charge is -2.33. The van der Waals surface area contributed by atoms with E-state index in [4.69, 9.17) is 25.8 Å². The fraction of sp³-hybridized carbons (Fsp3) is 0.364. The van der Waals surface area contributed by atoms with E-state index in [1.807, 2.05) is 59.5 Å². The second kappa shape index (κ2) is 13.3. The number of ether oxygens (including phenoxy) is 3. The maximum atomic E-state index is 11.8. The highest BCUT2D eigenvalue weighted by molar-refractivity contribution is 6.31. The van der Waals surface area contributed by atoms with Crippen LogP contribution in [0.4, 0.5) is 0 Å². The summed E-state index contributed by atoms with van der Waals surface area (Å²) in [5.41, 5.74) is 4.47. The number of aromatic nitrogens is 1. The summed E-state index contributed by atoms with van der Waals surface area (Å²) in [6.45, 7) is 2.61. The largest absolute Gasteiger partial charge is 0.497 e. The molecule has 216 valence electrons. The number of likely N-dealkylation sites (tertiary alicyclic amines) is 1. The van der Waals surface area contributed by atoms with Crippen molar-refractivity contribution < 1.29 is 19.0 Å². The molecule has 2 atom stereocenters. The zero-order valence-electron chi connectivity index (χ0n) is 23.9. The van der Waals surface area contributed by atoms with Gasteiger partial charge in [-0.1, -0.05) is 23.7 Å². The molecule has 4 aromatic rings. The van der Waals surface area contributed by atoms with Crippen molar-refractivity contribution in [3.05, 3.63) is 88.6 Å². The Morgan fingerprint density at radius 3 is 2.24 bits per heavy atom. The zero-order chi connectivity index (χ0) is 28.8. The molecule has 2 aliphatic rings. The number of halogens is 1. The van der Waals surface area contributed by atoms with Gasteiger partial charge < -0.3 is 29.0 Å². The predicted octanol–water partition coefficient (Wildman–Crippen LogP) is 6.49. The SMILES string of the molecule is CN1CCCC1CCOc1ccc(C2c3[nH]c4ccc(Cl)cc4c3CCN2C=O)cc1.COc1ccc(OC)cc1. The number of hydrogen-bond donors (Lipinski definition) is 1. The van der Waals surface area contributed by atoms with Crippen LogP contribution in [0.2, 0.25) is 5.02 Å². The van der Waals surface area contributed by atoms with Gasteiger partial charge in [-0.15, -0.1) is 0 Å². The fourth-order valence-electron chi connectivity index (χ4n) is 5.87. The second-order valence-electron chi connectivity index (χ2n) is 10.6. The number of benzene rings is 3. The van der Waals surface area contributed by atoms with Gasteiger partial charge in [-0.25, -0.2) is 0 Å². The molecule has 0 saturated carbocycles. The molecule has 0 spiro atoms. The van der Waals surface area contributed by atoms with Crippen molar-refractivity contribution in [2.75, 3.05) is 41.0 Å². The van der Waals surface area contributed by atoms with Crippen molar-refractivity contribution in [2.24, 2.45) is 0 Å². The topological polar surface area (TPSA) is 67.0 Å². The lowest BCUT2D eigenvalue weighted by Crippen LogP contribution is -2.34. The van der Waals surface area contributed by atoms with E-state index in [0.717, 1.165) is 70.3 Å². The minimum atomic E-state index is -0.131. The van der Waals surface area contributed by atoms with Crippen molar-refractivity contribution in [3.63, 3.8) is 0 Å². The van der Waals surface area contributed by atoms with Crippen LogP contribution >= 0.6 is 11.6 Å². The fourth-order valence-corrected chi connectivity index (χ4v) is 6.04. The van der Waals surface area contributed by atoms with Crippen LogP contribution in [0.3, 0.4) is 0 Å². The van der Waals surface area contributed by atoms with Crippen molar-refractivity contribution in [2.45, 2.75) is 37.8 Å². The van der Waals surface area contributed by atoms with E-state index in [-0.39, 0.29) is 6.04 Å². The maximum Gasteiger partial charge on any atom is 0.210 e. The average molecular weight is 576 g/mol. The highest BCUT2D eigenvalue weighted by atomic mass is 35.5. The molecule has 0 aliphatic carbocycles. The molecular weight excluding hydrogens is 538 g/mol. The highest BCUT2D eigenvalue weighted by Gasteiger charge is 2.31. The monoisotopic (exact) mass is 575 g/mol. The summed E-state index contributed by atoms with van der Waals surface area (Å²) in [5.74, 6) is 2.57. The Labute approximate surface area is 246 Å². The van der Waals surface area contributed by atoms with E-state index >= 15 is 0 Å². The van der Waals surface area contributed by atoms with Crippen LogP contribution < -0.4 is 14.2 Å².